The average molecular weight is 405 g/mol. The van der Waals surface area contributed by atoms with Crippen molar-refractivity contribution in [1.82, 2.24) is 0 Å². The zero-order chi connectivity index (χ0) is 22.3. The second-order valence-corrected chi connectivity index (χ2v) is 6.41. The van der Waals surface area contributed by atoms with Gasteiger partial charge in [-0.05, 0) is 26.2 Å². The second kappa shape index (κ2) is 15.9. The largest absolute Gasteiger partial charge is 0.463 e. The molecule has 0 radical (unpaired) electrons. The number of carbonyl (C=O) groups is 4. The standard InChI is InChI=1S/2C10H18O4/c1-5-10(14-9(4)12)6-7(2)13-8(3)11;1-5-9(13-7(3)11)10(6-2)14-8(4)12/h7,10H,5-6H2,1-4H3;9-10H,5-6H2,1-4H3. The van der Waals surface area contributed by atoms with Crippen molar-refractivity contribution in [3.63, 3.8) is 0 Å². The lowest BCUT2D eigenvalue weighted by Gasteiger charge is -2.24. The van der Waals surface area contributed by atoms with Gasteiger partial charge in [0.15, 0.2) is 0 Å². The minimum absolute atomic E-state index is 0.165. The van der Waals surface area contributed by atoms with Crippen molar-refractivity contribution >= 4 is 23.9 Å². The molecular weight excluding hydrogens is 368 g/mol. The Morgan fingerprint density at radius 2 is 0.964 bits per heavy atom. The molecule has 0 amide bonds. The van der Waals surface area contributed by atoms with Gasteiger partial charge >= 0.3 is 23.9 Å². The van der Waals surface area contributed by atoms with Gasteiger partial charge in [-0.3, -0.25) is 19.2 Å². The molecule has 8 heteroatoms. The van der Waals surface area contributed by atoms with Gasteiger partial charge < -0.3 is 18.9 Å². The maximum atomic E-state index is 10.8. The van der Waals surface area contributed by atoms with Crippen molar-refractivity contribution in [2.75, 3.05) is 0 Å². The van der Waals surface area contributed by atoms with Crippen molar-refractivity contribution in [2.45, 2.75) is 105 Å². The molecule has 0 aliphatic rings. The maximum absolute atomic E-state index is 10.8. The molecule has 0 aromatic heterocycles. The molecule has 0 fully saturated rings. The summed E-state index contributed by atoms with van der Waals surface area (Å²) in [7, 11) is 0. The van der Waals surface area contributed by atoms with Crippen LogP contribution in [-0.2, 0) is 38.1 Å². The van der Waals surface area contributed by atoms with Crippen LogP contribution in [0.3, 0.4) is 0 Å². The highest BCUT2D eigenvalue weighted by Crippen LogP contribution is 2.12. The van der Waals surface area contributed by atoms with E-state index < -0.39 is 0 Å². The highest BCUT2D eigenvalue weighted by molar-refractivity contribution is 5.67. The predicted molar refractivity (Wildman–Crippen MR) is 103 cm³/mol. The molecule has 164 valence electrons. The van der Waals surface area contributed by atoms with E-state index in [9.17, 15) is 19.2 Å². The van der Waals surface area contributed by atoms with Crippen molar-refractivity contribution in [1.29, 1.82) is 0 Å². The first kappa shape index (κ1) is 28.1. The fraction of sp³-hybridized carbons (Fsp3) is 0.800. The summed E-state index contributed by atoms with van der Waals surface area (Å²) in [6.07, 6.45) is 1.53. The third kappa shape index (κ3) is 16.1. The second-order valence-electron chi connectivity index (χ2n) is 6.41. The van der Waals surface area contributed by atoms with E-state index in [2.05, 4.69) is 0 Å². The minimum atomic E-state index is -0.345. The maximum Gasteiger partial charge on any atom is 0.303 e. The molecule has 0 rings (SSSR count). The van der Waals surface area contributed by atoms with E-state index in [-0.39, 0.29) is 48.3 Å². The summed E-state index contributed by atoms with van der Waals surface area (Å²) in [5.74, 6) is -1.30. The summed E-state index contributed by atoms with van der Waals surface area (Å²) < 4.78 is 20.0. The van der Waals surface area contributed by atoms with Gasteiger partial charge in [0.1, 0.15) is 24.4 Å². The zero-order valence-electron chi connectivity index (χ0n) is 18.4. The molecule has 0 heterocycles. The fourth-order valence-corrected chi connectivity index (χ4v) is 2.51. The predicted octanol–water partition coefficient (Wildman–Crippen LogP) is 3.34. The molecule has 0 aromatic carbocycles. The van der Waals surface area contributed by atoms with Gasteiger partial charge in [-0.25, -0.2) is 0 Å². The molecule has 0 saturated heterocycles. The number of hydrogen-bond acceptors (Lipinski definition) is 8. The van der Waals surface area contributed by atoms with Crippen LogP contribution in [0.25, 0.3) is 0 Å². The number of carbonyl (C=O) groups excluding carboxylic acids is 4. The van der Waals surface area contributed by atoms with Crippen LogP contribution in [0, 0.1) is 0 Å². The number of rotatable bonds is 10. The quantitative estimate of drug-likeness (QED) is 0.403. The molecule has 4 atom stereocenters. The minimum Gasteiger partial charge on any atom is -0.463 e. The lowest BCUT2D eigenvalue weighted by Crippen LogP contribution is -2.33. The van der Waals surface area contributed by atoms with Gasteiger partial charge in [-0.2, -0.15) is 0 Å². The normalized spacial score (nSPS) is 14.3. The lowest BCUT2D eigenvalue weighted by atomic mass is 10.1. The molecule has 0 aliphatic heterocycles. The van der Waals surface area contributed by atoms with E-state index in [1.165, 1.54) is 27.7 Å². The Bertz CT molecular complexity index is 467. The Morgan fingerprint density at radius 3 is 1.21 bits per heavy atom. The first-order chi connectivity index (χ1) is 13.0. The Labute approximate surface area is 168 Å². The van der Waals surface area contributed by atoms with E-state index in [1.54, 1.807) is 6.92 Å². The van der Waals surface area contributed by atoms with Crippen LogP contribution in [0.1, 0.15) is 81.1 Å². The summed E-state index contributed by atoms with van der Waals surface area (Å²) in [4.78, 5) is 42.8. The Hall–Kier alpha value is -2.12. The molecule has 4 unspecified atom stereocenters. The van der Waals surface area contributed by atoms with Crippen LogP contribution < -0.4 is 0 Å². The summed E-state index contributed by atoms with van der Waals surface area (Å²) in [6, 6.07) is 0. The highest BCUT2D eigenvalue weighted by Gasteiger charge is 2.23. The van der Waals surface area contributed by atoms with Gasteiger partial charge in [0.25, 0.3) is 0 Å². The summed E-state index contributed by atoms with van der Waals surface area (Å²) in [6.45, 7) is 12.9. The van der Waals surface area contributed by atoms with Crippen LogP contribution in [0.4, 0.5) is 0 Å². The van der Waals surface area contributed by atoms with Crippen LogP contribution in [0.5, 0.6) is 0 Å². The van der Waals surface area contributed by atoms with E-state index >= 15 is 0 Å². The van der Waals surface area contributed by atoms with E-state index in [1.807, 2.05) is 20.8 Å². The summed E-state index contributed by atoms with van der Waals surface area (Å²) >= 11 is 0. The molecule has 0 N–H and O–H groups in total. The summed E-state index contributed by atoms with van der Waals surface area (Å²) in [5, 5.41) is 0. The van der Waals surface area contributed by atoms with Crippen LogP contribution >= 0.6 is 0 Å². The molecular formula is C20H36O8. The van der Waals surface area contributed by atoms with Gasteiger partial charge in [-0.1, -0.05) is 20.8 Å². The van der Waals surface area contributed by atoms with Gasteiger partial charge in [0, 0.05) is 34.1 Å². The molecule has 28 heavy (non-hydrogen) atoms. The molecule has 0 aliphatic carbocycles. The van der Waals surface area contributed by atoms with Gasteiger partial charge in [0.2, 0.25) is 0 Å². The molecule has 0 saturated carbocycles. The van der Waals surface area contributed by atoms with Gasteiger partial charge in [0.05, 0.1) is 0 Å². The summed E-state index contributed by atoms with van der Waals surface area (Å²) in [5.41, 5.74) is 0. The number of hydrogen-bond donors (Lipinski definition) is 0. The first-order valence-corrected chi connectivity index (χ1v) is 9.65. The Morgan fingerprint density at radius 1 is 0.607 bits per heavy atom. The monoisotopic (exact) mass is 404 g/mol. The lowest BCUT2D eigenvalue weighted by molar-refractivity contribution is -0.165. The van der Waals surface area contributed by atoms with E-state index in [4.69, 9.17) is 18.9 Å². The Balaban J connectivity index is 0. The van der Waals surface area contributed by atoms with Crippen LogP contribution in [0.2, 0.25) is 0 Å². The highest BCUT2D eigenvalue weighted by atomic mass is 16.6. The number of esters is 4. The first-order valence-electron chi connectivity index (χ1n) is 9.65. The molecule has 8 nitrogen and oxygen atoms in total. The SMILES string of the molecule is CCC(CC(C)OC(C)=O)OC(C)=O.CCC(OC(C)=O)C(CC)OC(C)=O. The van der Waals surface area contributed by atoms with Crippen molar-refractivity contribution in [3.8, 4) is 0 Å². The Kier molecular flexibility index (Phi) is 15.9. The third-order valence-electron chi connectivity index (χ3n) is 3.60. The van der Waals surface area contributed by atoms with Crippen LogP contribution in [-0.4, -0.2) is 48.3 Å². The third-order valence-corrected chi connectivity index (χ3v) is 3.60. The van der Waals surface area contributed by atoms with Gasteiger partial charge in [-0.15, -0.1) is 0 Å². The topological polar surface area (TPSA) is 105 Å². The van der Waals surface area contributed by atoms with Crippen molar-refractivity contribution < 1.29 is 38.1 Å². The van der Waals surface area contributed by atoms with E-state index in [0.29, 0.717) is 19.3 Å². The van der Waals surface area contributed by atoms with Crippen molar-refractivity contribution in [2.24, 2.45) is 0 Å². The smallest absolute Gasteiger partial charge is 0.303 e. The average Bonchev–Trinajstić information content (AvgIpc) is 2.56. The molecule has 0 spiro atoms. The number of ether oxygens (including phenoxy) is 4. The van der Waals surface area contributed by atoms with Crippen molar-refractivity contribution in [3.05, 3.63) is 0 Å². The van der Waals surface area contributed by atoms with E-state index in [0.717, 1.165) is 6.42 Å². The fourth-order valence-electron chi connectivity index (χ4n) is 2.51. The van der Waals surface area contributed by atoms with Crippen LogP contribution in [0.15, 0.2) is 0 Å². The zero-order valence-corrected chi connectivity index (χ0v) is 18.4. The molecule has 0 aromatic rings. The molecule has 0 bridgehead atoms.